The summed E-state index contributed by atoms with van der Waals surface area (Å²) in [5.41, 5.74) is 0.546. The average molecular weight is 161 g/mol. The molecule has 0 aliphatic rings. The summed E-state index contributed by atoms with van der Waals surface area (Å²) in [7, 11) is 0. The second kappa shape index (κ2) is 2.44. The maximum atomic E-state index is 10.3. The van der Waals surface area contributed by atoms with Crippen molar-refractivity contribution in [3.05, 3.63) is 34.4 Å². The fourth-order valence-corrected chi connectivity index (χ4v) is 1.06. The molecule has 0 N–H and O–H groups in total. The predicted octanol–water partition coefficient (Wildman–Crippen LogP) is 1.68. The second-order valence-electron chi connectivity index (χ2n) is 2.38. The number of hydrogen-bond acceptors (Lipinski definition) is 3. The normalized spacial score (nSPS) is 10.0. The van der Waals surface area contributed by atoms with E-state index in [1.165, 1.54) is 6.91 Å². The van der Waals surface area contributed by atoms with Gasteiger partial charge < -0.3 is 0 Å². The van der Waals surface area contributed by atoms with Gasteiger partial charge >= 0.3 is 67.3 Å². The molecule has 0 aliphatic heterocycles. The van der Waals surface area contributed by atoms with E-state index in [0.29, 0.717) is 5.58 Å². The van der Waals surface area contributed by atoms with E-state index in [2.05, 4.69) is 0 Å². The first-order chi connectivity index (χ1) is 5.77. The molecule has 1 heterocycles. The van der Waals surface area contributed by atoms with Crippen LogP contribution < -0.4 is 0 Å². The van der Waals surface area contributed by atoms with Crippen molar-refractivity contribution in [2.24, 2.45) is 0 Å². The van der Waals surface area contributed by atoms with Crippen molar-refractivity contribution in [2.45, 2.75) is 0 Å². The van der Waals surface area contributed by atoms with E-state index in [9.17, 15) is 10.1 Å². The van der Waals surface area contributed by atoms with Gasteiger partial charge in [0.15, 0.2) is 0 Å². The topological polar surface area (TPSA) is 56.3 Å². The van der Waals surface area contributed by atoms with Gasteiger partial charge in [-0.3, -0.25) is 0 Å². The minimum atomic E-state index is -0.542. The zero-order valence-corrected chi connectivity index (χ0v) is 6.06. The molecule has 58 valence electrons. The maximum absolute atomic E-state index is 10.3. The molecule has 0 spiro atoms. The van der Waals surface area contributed by atoms with Gasteiger partial charge in [-0.2, -0.15) is 0 Å². The average Bonchev–Trinajstić information content (AvgIpc) is 2.46. The molecule has 12 heavy (non-hydrogen) atoms. The van der Waals surface area contributed by atoms with Crippen LogP contribution in [0.5, 0.6) is 0 Å². The summed E-state index contributed by atoms with van der Waals surface area (Å²) in [6, 6.07) is 7.05. The Kier molecular flexibility index (Phi) is 1.43. The Labute approximate surface area is 68.2 Å². The van der Waals surface area contributed by atoms with Gasteiger partial charge in [0.2, 0.25) is 0 Å². The minimum absolute atomic E-state index is 0.212. The Bertz CT molecular complexity index is 404. The SMILES string of the molecule is O=[N+]([O-])c1bc2ccccc2o1. The standard InChI is InChI=1S/C7H4BNO3/c10-9(11)7-8-5-3-1-2-4-6(5)12-7/h1-4H. The molecular formula is C7H4BNO3. The molecule has 0 amide bonds. The van der Waals surface area contributed by atoms with Crippen LogP contribution in [0.3, 0.4) is 0 Å². The first-order valence-electron chi connectivity index (χ1n) is 3.40. The van der Waals surface area contributed by atoms with Gasteiger partial charge in [0.25, 0.3) is 0 Å². The van der Waals surface area contributed by atoms with Crippen LogP contribution in [0.25, 0.3) is 10.9 Å². The Morgan fingerprint density at radius 1 is 1.42 bits per heavy atom. The molecular weight excluding hydrogens is 157 g/mol. The van der Waals surface area contributed by atoms with E-state index in [0.717, 1.165) is 5.28 Å². The zero-order chi connectivity index (χ0) is 8.55. The van der Waals surface area contributed by atoms with Crippen LogP contribution in [0.2, 0.25) is 0 Å². The van der Waals surface area contributed by atoms with Crippen LogP contribution in [0.4, 0.5) is 5.78 Å². The molecule has 5 heteroatoms. The van der Waals surface area contributed by atoms with Crippen molar-refractivity contribution in [3.8, 4) is 0 Å². The van der Waals surface area contributed by atoms with Gasteiger partial charge in [-0.05, 0) is 0 Å². The Hall–Kier alpha value is -1.65. The van der Waals surface area contributed by atoms with Gasteiger partial charge in [-0.1, -0.05) is 0 Å². The van der Waals surface area contributed by atoms with Crippen LogP contribution in [-0.2, 0) is 0 Å². The number of benzene rings is 1. The third-order valence-corrected chi connectivity index (χ3v) is 1.59. The van der Waals surface area contributed by atoms with Crippen molar-refractivity contribution in [3.63, 3.8) is 0 Å². The van der Waals surface area contributed by atoms with Gasteiger partial charge in [0.05, 0.1) is 0 Å². The number of rotatable bonds is 1. The van der Waals surface area contributed by atoms with Crippen LogP contribution in [0.15, 0.2) is 28.7 Å². The Morgan fingerprint density at radius 3 is 2.83 bits per heavy atom. The molecule has 1 aromatic heterocycles. The van der Waals surface area contributed by atoms with E-state index in [1.807, 2.05) is 6.07 Å². The van der Waals surface area contributed by atoms with Crippen molar-refractivity contribution >= 4 is 23.6 Å². The molecule has 0 bridgehead atoms. The molecule has 2 aromatic rings. The molecule has 0 aliphatic carbocycles. The van der Waals surface area contributed by atoms with Crippen molar-refractivity contribution in [1.82, 2.24) is 0 Å². The molecule has 0 radical (unpaired) electrons. The Morgan fingerprint density at radius 2 is 2.17 bits per heavy atom. The molecule has 4 nitrogen and oxygen atoms in total. The summed E-state index contributed by atoms with van der Waals surface area (Å²) in [6.45, 7) is 1.41. The first-order valence-corrected chi connectivity index (χ1v) is 3.40. The quantitative estimate of drug-likeness (QED) is 0.472. The monoisotopic (exact) mass is 161 g/mol. The molecule has 0 atom stereocenters. The first kappa shape index (κ1) is 7.03. The van der Waals surface area contributed by atoms with E-state index in [4.69, 9.17) is 4.42 Å². The molecule has 0 saturated heterocycles. The third-order valence-electron chi connectivity index (χ3n) is 1.59. The number of nitro groups is 1. The van der Waals surface area contributed by atoms with Crippen LogP contribution >= 0.6 is 0 Å². The summed E-state index contributed by atoms with van der Waals surface area (Å²) >= 11 is 0. The molecule has 2 rings (SSSR count). The van der Waals surface area contributed by atoms with Gasteiger partial charge in [-0.25, -0.2) is 0 Å². The summed E-state index contributed by atoms with van der Waals surface area (Å²) < 4.78 is 4.93. The summed E-state index contributed by atoms with van der Waals surface area (Å²) in [4.78, 5) is 9.74. The van der Waals surface area contributed by atoms with E-state index >= 15 is 0 Å². The number of nitrogens with zero attached hydrogens (tertiary/aromatic N) is 1. The number of hydrogen-bond donors (Lipinski definition) is 0. The third kappa shape index (κ3) is 0.991. The van der Waals surface area contributed by atoms with Crippen molar-refractivity contribution in [2.75, 3.05) is 0 Å². The van der Waals surface area contributed by atoms with Crippen LogP contribution in [0, 0.1) is 10.1 Å². The van der Waals surface area contributed by atoms with Crippen LogP contribution in [0.1, 0.15) is 0 Å². The summed E-state index contributed by atoms with van der Waals surface area (Å²) in [5.74, 6) is -0.212. The van der Waals surface area contributed by atoms with Gasteiger partial charge in [-0.15, -0.1) is 0 Å². The van der Waals surface area contributed by atoms with Gasteiger partial charge in [0, 0.05) is 0 Å². The van der Waals surface area contributed by atoms with Gasteiger partial charge in [0.1, 0.15) is 0 Å². The number of para-hydroxylation sites is 1. The van der Waals surface area contributed by atoms with E-state index in [1.54, 1.807) is 18.2 Å². The van der Waals surface area contributed by atoms with Crippen molar-refractivity contribution < 1.29 is 9.34 Å². The van der Waals surface area contributed by atoms with Crippen molar-refractivity contribution in [1.29, 1.82) is 0 Å². The molecule has 1 aromatic carbocycles. The molecule has 0 unspecified atom stereocenters. The molecule has 0 fully saturated rings. The summed E-state index contributed by atoms with van der Waals surface area (Å²) in [5, 5.41) is 11.0. The number of fused-ring (bicyclic) bond motifs is 1. The second-order valence-corrected chi connectivity index (χ2v) is 2.38. The summed E-state index contributed by atoms with van der Waals surface area (Å²) in [6.07, 6.45) is 0. The van der Waals surface area contributed by atoms with E-state index < -0.39 is 4.92 Å². The predicted molar refractivity (Wildman–Crippen MR) is 44.2 cm³/mol. The zero-order valence-electron chi connectivity index (χ0n) is 6.06. The van der Waals surface area contributed by atoms with E-state index in [-0.39, 0.29) is 5.78 Å². The fraction of sp³-hybridized carbons (Fsp3) is 0. The van der Waals surface area contributed by atoms with Crippen LogP contribution in [-0.4, -0.2) is 11.8 Å². The molecule has 0 saturated carbocycles. The fourth-order valence-electron chi connectivity index (χ4n) is 1.06. The Balaban J connectivity index is 2.70.